The van der Waals surface area contributed by atoms with Gasteiger partial charge in [0.15, 0.2) is 0 Å². The number of anilines is 1. The number of rotatable bonds is 4. The summed E-state index contributed by atoms with van der Waals surface area (Å²) in [7, 11) is 0. The van der Waals surface area contributed by atoms with Crippen molar-refractivity contribution in [3.05, 3.63) is 43.0 Å². The molecule has 2 aromatic rings. The molecule has 1 aromatic carbocycles. The lowest BCUT2D eigenvalue weighted by atomic mass is 10.2. The van der Waals surface area contributed by atoms with Gasteiger partial charge in [-0.25, -0.2) is 4.98 Å². The SMILES string of the molecule is CC1CCC(CNc2cccc(-n3ccnc3)c2)O1. The number of nitrogens with zero attached hydrogens (tertiary/aromatic N) is 2. The standard InChI is InChI=1S/C15H19N3O/c1-12-5-6-15(19-12)10-17-13-3-2-4-14(9-13)18-8-7-16-11-18/h2-4,7-9,11-12,15,17H,5-6,10H2,1H3. The van der Waals surface area contributed by atoms with E-state index in [2.05, 4.69) is 41.5 Å². The Morgan fingerprint density at radius 2 is 2.37 bits per heavy atom. The predicted octanol–water partition coefficient (Wildman–Crippen LogP) is 2.85. The van der Waals surface area contributed by atoms with Crippen molar-refractivity contribution in [2.24, 2.45) is 0 Å². The molecule has 2 heterocycles. The lowest BCUT2D eigenvalue weighted by Crippen LogP contribution is -2.19. The molecule has 0 saturated carbocycles. The molecular weight excluding hydrogens is 238 g/mol. The van der Waals surface area contributed by atoms with Crippen LogP contribution in [-0.4, -0.2) is 28.3 Å². The minimum Gasteiger partial charge on any atom is -0.382 e. The fraction of sp³-hybridized carbons (Fsp3) is 0.400. The Kier molecular flexibility index (Phi) is 3.51. The zero-order valence-electron chi connectivity index (χ0n) is 11.1. The van der Waals surface area contributed by atoms with Crippen LogP contribution >= 0.6 is 0 Å². The van der Waals surface area contributed by atoms with Gasteiger partial charge >= 0.3 is 0 Å². The van der Waals surface area contributed by atoms with E-state index < -0.39 is 0 Å². The Morgan fingerprint density at radius 3 is 3.11 bits per heavy atom. The topological polar surface area (TPSA) is 39.1 Å². The van der Waals surface area contributed by atoms with Crippen molar-refractivity contribution >= 4 is 5.69 Å². The molecule has 1 saturated heterocycles. The van der Waals surface area contributed by atoms with E-state index in [9.17, 15) is 0 Å². The lowest BCUT2D eigenvalue weighted by molar-refractivity contribution is 0.0637. The van der Waals surface area contributed by atoms with Crippen LogP contribution in [0.5, 0.6) is 0 Å². The normalized spacial score (nSPS) is 22.6. The van der Waals surface area contributed by atoms with Crippen LogP contribution in [0.15, 0.2) is 43.0 Å². The second kappa shape index (κ2) is 5.45. The van der Waals surface area contributed by atoms with Gasteiger partial charge in [-0.3, -0.25) is 0 Å². The minimum atomic E-state index is 0.340. The summed E-state index contributed by atoms with van der Waals surface area (Å²) in [6, 6.07) is 8.33. The molecule has 1 aliphatic rings. The van der Waals surface area contributed by atoms with Gasteiger partial charge in [-0.1, -0.05) is 6.07 Å². The van der Waals surface area contributed by atoms with E-state index in [0.717, 1.165) is 24.3 Å². The molecule has 0 amide bonds. The molecule has 4 heteroatoms. The van der Waals surface area contributed by atoms with Gasteiger partial charge in [-0.05, 0) is 38.0 Å². The number of hydrogen-bond donors (Lipinski definition) is 1. The predicted molar refractivity (Wildman–Crippen MR) is 75.6 cm³/mol. The average Bonchev–Trinajstić information content (AvgIpc) is 3.08. The van der Waals surface area contributed by atoms with E-state index in [0.29, 0.717) is 12.2 Å². The summed E-state index contributed by atoms with van der Waals surface area (Å²) in [5, 5.41) is 3.45. The van der Waals surface area contributed by atoms with E-state index >= 15 is 0 Å². The van der Waals surface area contributed by atoms with Gasteiger partial charge in [0, 0.05) is 30.3 Å². The molecule has 0 radical (unpaired) electrons. The Bertz CT molecular complexity index is 524. The molecule has 3 rings (SSSR count). The molecule has 0 bridgehead atoms. The summed E-state index contributed by atoms with van der Waals surface area (Å²) < 4.78 is 7.81. The number of hydrogen-bond acceptors (Lipinski definition) is 3. The van der Waals surface area contributed by atoms with Crippen LogP contribution in [0, 0.1) is 0 Å². The fourth-order valence-electron chi connectivity index (χ4n) is 2.46. The van der Waals surface area contributed by atoms with Crippen LogP contribution in [0.1, 0.15) is 19.8 Å². The summed E-state index contributed by atoms with van der Waals surface area (Å²) >= 11 is 0. The number of nitrogens with one attached hydrogen (secondary N) is 1. The number of benzene rings is 1. The first-order valence-electron chi connectivity index (χ1n) is 6.79. The zero-order valence-corrected chi connectivity index (χ0v) is 11.1. The lowest BCUT2D eigenvalue weighted by Gasteiger charge is -2.14. The Hall–Kier alpha value is -1.81. The van der Waals surface area contributed by atoms with Crippen molar-refractivity contribution in [2.45, 2.75) is 32.0 Å². The highest BCUT2D eigenvalue weighted by molar-refractivity contribution is 5.51. The second-order valence-corrected chi connectivity index (χ2v) is 5.05. The molecule has 1 aromatic heterocycles. The van der Waals surface area contributed by atoms with E-state index in [1.54, 1.807) is 12.5 Å². The van der Waals surface area contributed by atoms with Crippen LogP contribution in [0.3, 0.4) is 0 Å². The van der Waals surface area contributed by atoms with Crippen molar-refractivity contribution in [2.75, 3.05) is 11.9 Å². The van der Waals surface area contributed by atoms with Crippen LogP contribution < -0.4 is 5.32 Å². The molecule has 19 heavy (non-hydrogen) atoms. The summed E-state index contributed by atoms with van der Waals surface area (Å²) in [5.74, 6) is 0. The van der Waals surface area contributed by atoms with Crippen LogP contribution in [0.2, 0.25) is 0 Å². The van der Waals surface area contributed by atoms with Crippen molar-refractivity contribution < 1.29 is 4.74 Å². The quantitative estimate of drug-likeness (QED) is 0.915. The first-order valence-corrected chi connectivity index (χ1v) is 6.79. The maximum absolute atomic E-state index is 5.81. The molecule has 0 spiro atoms. The smallest absolute Gasteiger partial charge is 0.0991 e. The Morgan fingerprint density at radius 1 is 1.42 bits per heavy atom. The molecule has 2 unspecified atom stereocenters. The summed E-state index contributed by atoms with van der Waals surface area (Å²) in [6.45, 7) is 3.01. The largest absolute Gasteiger partial charge is 0.382 e. The molecule has 100 valence electrons. The number of imidazole rings is 1. The van der Waals surface area contributed by atoms with Crippen molar-refractivity contribution in [1.82, 2.24) is 9.55 Å². The summed E-state index contributed by atoms with van der Waals surface area (Å²) in [5.41, 5.74) is 2.23. The van der Waals surface area contributed by atoms with Crippen molar-refractivity contribution in [3.8, 4) is 5.69 Å². The monoisotopic (exact) mass is 257 g/mol. The first kappa shape index (κ1) is 12.2. The molecule has 4 nitrogen and oxygen atoms in total. The van der Waals surface area contributed by atoms with Gasteiger partial charge < -0.3 is 14.6 Å². The molecule has 2 atom stereocenters. The third kappa shape index (κ3) is 2.96. The highest BCUT2D eigenvalue weighted by atomic mass is 16.5. The van der Waals surface area contributed by atoms with Gasteiger partial charge in [0.25, 0.3) is 0 Å². The molecule has 0 aliphatic carbocycles. The fourth-order valence-corrected chi connectivity index (χ4v) is 2.46. The van der Waals surface area contributed by atoms with E-state index in [4.69, 9.17) is 4.74 Å². The van der Waals surface area contributed by atoms with Crippen LogP contribution in [0.4, 0.5) is 5.69 Å². The third-order valence-electron chi connectivity index (χ3n) is 3.50. The third-order valence-corrected chi connectivity index (χ3v) is 3.50. The van der Waals surface area contributed by atoms with Crippen molar-refractivity contribution in [3.63, 3.8) is 0 Å². The minimum absolute atomic E-state index is 0.340. The second-order valence-electron chi connectivity index (χ2n) is 5.05. The summed E-state index contributed by atoms with van der Waals surface area (Å²) in [4.78, 5) is 4.07. The maximum atomic E-state index is 5.81. The summed E-state index contributed by atoms with van der Waals surface area (Å²) in [6.07, 6.45) is 8.60. The highest BCUT2D eigenvalue weighted by Gasteiger charge is 2.21. The van der Waals surface area contributed by atoms with Gasteiger partial charge in [0.1, 0.15) is 0 Å². The van der Waals surface area contributed by atoms with Crippen LogP contribution in [0.25, 0.3) is 5.69 Å². The Labute approximate surface area is 113 Å². The van der Waals surface area contributed by atoms with Gasteiger partial charge in [-0.2, -0.15) is 0 Å². The first-order chi connectivity index (χ1) is 9.31. The molecule has 1 N–H and O–H groups in total. The van der Waals surface area contributed by atoms with Crippen LogP contribution in [-0.2, 0) is 4.74 Å². The zero-order chi connectivity index (χ0) is 13.1. The molecule has 1 aliphatic heterocycles. The van der Waals surface area contributed by atoms with E-state index in [1.165, 1.54) is 6.42 Å². The highest BCUT2D eigenvalue weighted by Crippen LogP contribution is 2.20. The number of ether oxygens (including phenoxy) is 1. The Balaban J connectivity index is 1.63. The average molecular weight is 257 g/mol. The van der Waals surface area contributed by atoms with Gasteiger partial charge in [-0.15, -0.1) is 0 Å². The van der Waals surface area contributed by atoms with Crippen molar-refractivity contribution in [1.29, 1.82) is 0 Å². The van der Waals surface area contributed by atoms with Gasteiger partial charge in [0.05, 0.1) is 18.5 Å². The van der Waals surface area contributed by atoms with E-state index in [-0.39, 0.29) is 0 Å². The van der Waals surface area contributed by atoms with E-state index in [1.807, 2.05) is 10.8 Å². The molecular formula is C15H19N3O. The maximum Gasteiger partial charge on any atom is 0.0991 e. The van der Waals surface area contributed by atoms with Gasteiger partial charge in [0.2, 0.25) is 0 Å². The molecule has 1 fully saturated rings. The number of aromatic nitrogens is 2.